The van der Waals surface area contributed by atoms with Gasteiger partial charge in [-0.2, -0.15) is 5.26 Å². The molecule has 3 aromatic rings. The normalized spacial score (nSPS) is 23.1. The molecule has 9 nitrogen and oxygen atoms in total. The van der Waals surface area contributed by atoms with Crippen LogP contribution in [0.15, 0.2) is 58.5 Å². The lowest BCUT2D eigenvalue weighted by atomic mass is 9.92. The summed E-state index contributed by atoms with van der Waals surface area (Å²) < 4.78 is 11.4. The number of fused-ring (bicyclic) bond motifs is 1. The fraction of sp³-hybridized carbons (Fsp3) is 0.438. The summed E-state index contributed by atoms with van der Waals surface area (Å²) in [7, 11) is 0. The second-order valence-corrected chi connectivity index (χ2v) is 10.6. The molecule has 9 heteroatoms. The van der Waals surface area contributed by atoms with Crippen molar-refractivity contribution in [2.75, 3.05) is 24.5 Å². The number of rotatable bonds is 10. The molecule has 1 saturated heterocycles. The summed E-state index contributed by atoms with van der Waals surface area (Å²) in [6, 6.07) is 18.1. The maximum atomic E-state index is 12.8. The standard InChI is InChI=1S/C32H39N3O6/c1-5-13-35(14-6-2)24-10-9-21-15-23(8-7-22(21)16-24)27-12-11-26(40-27)19(3)25(17-33)31(38)34-18-28-30(37)29(36)20(4)32(39)41-28/h7-12,15-16,20,28-30,32,36-37,39H,5-6,13-14,18H2,1-4H3,(H,34,38)/b25-19+/t20-,28-,29-,30-,32?/m1/s1. The van der Waals surface area contributed by atoms with Crippen LogP contribution in [0.1, 0.15) is 46.3 Å². The molecule has 2 aromatic carbocycles. The molecule has 0 saturated carbocycles. The van der Waals surface area contributed by atoms with E-state index in [0.717, 1.165) is 42.3 Å². The van der Waals surface area contributed by atoms with E-state index in [9.17, 15) is 25.4 Å². The molecule has 1 amide bonds. The molecule has 2 heterocycles. The van der Waals surface area contributed by atoms with Gasteiger partial charge in [-0.25, -0.2) is 0 Å². The average Bonchev–Trinajstić information content (AvgIpc) is 3.47. The number of nitriles is 1. The number of allylic oxidation sites excluding steroid dienone is 1. The number of amides is 1. The Balaban J connectivity index is 1.50. The number of carbonyl (C=O) groups excluding carboxylic acids is 1. The van der Waals surface area contributed by atoms with Crippen molar-refractivity contribution in [2.24, 2.45) is 5.92 Å². The topological polar surface area (TPSA) is 139 Å². The summed E-state index contributed by atoms with van der Waals surface area (Å²) in [4.78, 5) is 15.3. The molecule has 0 radical (unpaired) electrons. The number of hydrogen-bond donors (Lipinski definition) is 4. The predicted molar refractivity (Wildman–Crippen MR) is 158 cm³/mol. The number of nitrogens with one attached hydrogen (secondary N) is 1. The van der Waals surface area contributed by atoms with Crippen molar-refractivity contribution < 1.29 is 29.3 Å². The van der Waals surface area contributed by atoms with E-state index in [1.165, 1.54) is 5.69 Å². The maximum absolute atomic E-state index is 12.8. The van der Waals surface area contributed by atoms with Gasteiger partial charge in [0, 0.05) is 42.4 Å². The van der Waals surface area contributed by atoms with Crippen LogP contribution in [0.4, 0.5) is 5.69 Å². The molecule has 4 N–H and O–H groups in total. The summed E-state index contributed by atoms with van der Waals surface area (Å²) in [5.74, 6) is -0.366. The second kappa shape index (κ2) is 13.3. The third kappa shape index (κ3) is 6.63. The van der Waals surface area contributed by atoms with Crippen LogP contribution in [0.2, 0.25) is 0 Å². The first-order chi connectivity index (χ1) is 19.7. The highest BCUT2D eigenvalue weighted by atomic mass is 16.6. The van der Waals surface area contributed by atoms with Crippen LogP contribution in [0.5, 0.6) is 0 Å². The zero-order valence-electron chi connectivity index (χ0n) is 24.0. The Labute approximate surface area is 240 Å². The Morgan fingerprint density at radius 1 is 1.00 bits per heavy atom. The van der Waals surface area contributed by atoms with Crippen LogP contribution in [0.25, 0.3) is 27.7 Å². The molecule has 0 spiro atoms. The van der Waals surface area contributed by atoms with Gasteiger partial charge in [-0.3, -0.25) is 4.79 Å². The summed E-state index contributed by atoms with van der Waals surface area (Å²) in [6.07, 6.45) is -2.63. The summed E-state index contributed by atoms with van der Waals surface area (Å²) >= 11 is 0. The van der Waals surface area contributed by atoms with E-state index < -0.39 is 36.4 Å². The molecule has 1 fully saturated rings. The number of ether oxygens (including phenoxy) is 1. The number of nitrogens with zero attached hydrogens (tertiary/aromatic N) is 2. The molecule has 4 rings (SSSR count). The van der Waals surface area contributed by atoms with Crippen molar-refractivity contribution in [1.29, 1.82) is 5.26 Å². The van der Waals surface area contributed by atoms with E-state index in [4.69, 9.17) is 9.15 Å². The fourth-order valence-corrected chi connectivity index (χ4v) is 5.15. The van der Waals surface area contributed by atoms with Crippen LogP contribution in [-0.2, 0) is 9.53 Å². The van der Waals surface area contributed by atoms with Crippen LogP contribution < -0.4 is 10.2 Å². The fourth-order valence-electron chi connectivity index (χ4n) is 5.15. The van der Waals surface area contributed by atoms with Crippen LogP contribution >= 0.6 is 0 Å². The number of hydrogen-bond acceptors (Lipinski definition) is 8. The molecule has 0 aliphatic carbocycles. The van der Waals surface area contributed by atoms with Crippen molar-refractivity contribution >= 4 is 27.9 Å². The number of carbonyl (C=O) groups is 1. The SMILES string of the molecule is CCCN(CCC)c1ccc2cc(-c3ccc(/C(C)=C(\C#N)C(=O)NC[C@H]4OC(O)[C@H](C)[C@@H](O)[C@@H]4O)o3)ccc2c1. The van der Waals surface area contributed by atoms with Crippen LogP contribution in [0, 0.1) is 17.2 Å². The van der Waals surface area contributed by atoms with Gasteiger partial charge in [0.15, 0.2) is 6.29 Å². The highest BCUT2D eigenvalue weighted by molar-refractivity contribution is 6.04. The minimum absolute atomic E-state index is 0.152. The summed E-state index contributed by atoms with van der Waals surface area (Å²) in [6.45, 7) is 9.39. The number of aliphatic hydroxyl groups is 3. The van der Waals surface area contributed by atoms with E-state index in [0.29, 0.717) is 17.1 Å². The molecule has 1 aliphatic heterocycles. The Morgan fingerprint density at radius 2 is 1.68 bits per heavy atom. The first-order valence-electron chi connectivity index (χ1n) is 14.2. The van der Waals surface area contributed by atoms with Gasteiger partial charge in [-0.1, -0.05) is 39.0 Å². The van der Waals surface area contributed by atoms with Gasteiger partial charge in [0.25, 0.3) is 5.91 Å². The number of furan rings is 1. The van der Waals surface area contributed by atoms with Gasteiger partial charge in [0.2, 0.25) is 0 Å². The number of benzene rings is 2. The van der Waals surface area contributed by atoms with Crippen molar-refractivity contribution in [2.45, 2.75) is 65.1 Å². The largest absolute Gasteiger partial charge is 0.456 e. The van der Waals surface area contributed by atoms with Crippen molar-refractivity contribution in [1.82, 2.24) is 5.32 Å². The predicted octanol–water partition coefficient (Wildman–Crippen LogP) is 4.21. The van der Waals surface area contributed by atoms with Crippen molar-refractivity contribution in [3.8, 4) is 17.4 Å². The van der Waals surface area contributed by atoms with Gasteiger partial charge < -0.3 is 34.7 Å². The molecule has 1 unspecified atom stereocenters. The molecular weight excluding hydrogens is 522 g/mol. The number of aliphatic hydroxyl groups excluding tert-OH is 3. The minimum atomic E-state index is -1.29. The van der Waals surface area contributed by atoms with E-state index in [2.05, 4.69) is 54.4 Å². The molecule has 0 bridgehead atoms. The first-order valence-corrected chi connectivity index (χ1v) is 14.2. The smallest absolute Gasteiger partial charge is 0.262 e. The van der Waals surface area contributed by atoms with E-state index in [-0.39, 0.29) is 12.1 Å². The first kappa shape index (κ1) is 30.3. The lowest BCUT2D eigenvalue weighted by molar-refractivity contribution is -0.258. The summed E-state index contributed by atoms with van der Waals surface area (Å²) in [5.41, 5.74) is 2.29. The zero-order valence-corrected chi connectivity index (χ0v) is 24.0. The van der Waals surface area contributed by atoms with E-state index in [1.807, 2.05) is 18.2 Å². The Kier molecular flexibility index (Phi) is 9.84. The highest BCUT2D eigenvalue weighted by Crippen LogP contribution is 2.31. The van der Waals surface area contributed by atoms with Crippen LogP contribution in [0.3, 0.4) is 0 Å². The van der Waals surface area contributed by atoms with E-state index in [1.54, 1.807) is 19.9 Å². The zero-order chi connectivity index (χ0) is 29.7. The maximum Gasteiger partial charge on any atom is 0.262 e. The molecular formula is C32H39N3O6. The monoisotopic (exact) mass is 561 g/mol. The van der Waals surface area contributed by atoms with Crippen LogP contribution in [-0.4, -0.2) is 65.5 Å². The van der Waals surface area contributed by atoms with Gasteiger partial charge in [-0.15, -0.1) is 0 Å². The quantitative estimate of drug-likeness (QED) is 0.213. The lowest BCUT2D eigenvalue weighted by Crippen LogP contribution is -2.56. The van der Waals surface area contributed by atoms with E-state index >= 15 is 0 Å². The Bertz CT molecular complexity index is 1430. The highest BCUT2D eigenvalue weighted by Gasteiger charge is 2.41. The number of anilines is 1. The Hall–Kier alpha value is -3.68. The second-order valence-electron chi connectivity index (χ2n) is 10.6. The third-order valence-electron chi connectivity index (χ3n) is 7.65. The van der Waals surface area contributed by atoms with Crippen molar-refractivity contribution in [3.05, 3.63) is 59.9 Å². The van der Waals surface area contributed by atoms with Gasteiger partial charge in [-0.05, 0) is 60.9 Å². The third-order valence-corrected chi connectivity index (χ3v) is 7.65. The van der Waals surface area contributed by atoms with Crippen molar-refractivity contribution in [3.63, 3.8) is 0 Å². The molecule has 218 valence electrons. The molecule has 41 heavy (non-hydrogen) atoms. The van der Waals surface area contributed by atoms with Gasteiger partial charge >= 0.3 is 0 Å². The molecule has 1 aliphatic rings. The van der Waals surface area contributed by atoms with Gasteiger partial charge in [0.05, 0.1) is 6.10 Å². The lowest BCUT2D eigenvalue weighted by Gasteiger charge is -2.39. The van der Waals surface area contributed by atoms with Gasteiger partial charge in [0.1, 0.15) is 35.4 Å². The average molecular weight is 562 g/mol. The minimum Gasteiger partial charge on any atom is -0.456 e. The summed E-state index contributed by atoms with van der Waals surface area (Å²) in [5, 5.41) is 44.8. The molecule has 5 atom stereocenters. The molecule has 1 aromatic heterocycles. The Morgan fingerprint density at radius 3 is 2.37 bits per heavy atom.